The highest BCUT2D eigenvalue weighted by molar-refractivity contribution is 14.1. The van der Waals surface area contributed by atoms with Crippen LogP contribution in [-0.4, -0.2) is 30.0 Å². The zero-order chi connectivity index (χ0) is 14.6. The molecule has 1 aromatic rings. The summed E-state index contributed by atoms with van der Waals surface area (Å²) in [5, 5.41) is 13.1. The topological polar surface area (TPSA) is 98.5 Å². The number of nitro benzene ring substituents is 1. The molecule has 0 radical (unpaired) electrons. The smallest absolute Gasteiger partial charge is 0.328 e. The molecule has 0 spiro atoms. The van der Waals surface area contributed by atoms with Crippen molar-refractivity contribution in [3.05, 3.63) is 37.4 Å². The highest BCUT2D eigenvalue weighted by Crippen LogP contribution is 2.19. The minimum Gasteiger partial charge on any atom is -0.467 e. The van der Waals surface area contributed by atoms with Crippen LogP contribution in [0.3, 0.4) is 0 Å². The summed E-state index contributed by atoms with van der Waals surface area (Å²) in [6, 6.07) is 3.12. The van der Waals surface area contributed by atoms with Crippen molar-refractivity contribution in [2.75, 3.05) is 7.11 Å². The fourth-order valence-electron chi connectivity index (χ4n) is 1.31. The van der Waals surface area contributed by atoms with Gasteiger partial charge in [0.05, 0.1) is 17.6 Å². The number of carbonyl (C=O) groups excluding carboxylic acids is 2. The van der Waals surface area contributed by atoms with Gasteiger partial charge in [-0.2, -0.15) is 0 Å². The summed E-state index contributed by atoms with van der Waals surface area (Å²) in [7, 11) is 1.21. The summed E-state index contributed by atoms with van der Waals surface area (Å²) in [4.78, 5) is 33.2. The van der Waals surface area contributed by atoms with Crippen LogP contribution in [0.4, 0.5) is 5.69 Å². The first-order valence-electron chi connectivity index (χ1n) is 5.19. The maximum atomic E-state index is 11.9. The fourth-order valence-corrected chi connectivity index (χ4v) is 1.89. The largest absolute Gasteiger partial charge is 0.467 e. The van der Waals surface area contributed by atoms with E-state index in [1.54, 1.807) is 0 Å². The van der Waals surface area contributed by atoms with Gasteiger partial charge in [-0.1, -0.05) is 0 Å². The molecule has 1 amide bonds. The lowest BCUT2D eigenvalue weighted by atomic mass is 10.2. The van der Waals surface area contributed by atoms with Crippen LogP contribution in [0.5, 0.6) is 0 Å². The lowest BCUT2D eigenvalue weighted by Gasteiger charge is -2.12. The van der Waals surface area contributed by atoms with E-state index in [4.69, 9.17) is 0 Å². The molecule has 0 aliphatic heterocycles. The van der Waals surface area contributed by atoms with Crippen molar-refractivity contribution in [1.82, 2.24) is 5.32 Å². The van der Waals surface area contributed by atoms with Crippen molar-refractivity contribution < 1.29 is 19.2 Å². The first kappa shape index (κ1) is 15.3. The van der Waals surface area contributed by atoms with Crippen LogP contribution in [0.2, 0.25) is 0 Å². The van der Waals surface area contributed by atoms with Crippen molar-refractivity contribution in [3.63, 3.8) is 0 Å². The first-order chi connectivity index (χ1) is 8.86. The molecule has 1 rings (SSSR count). The van der Waals surface area contributed by atoms with Gasteiger partial charge in [0.1, 0.15) is 6.04 Å². The molecule has 0 bridgehead atoms. The van der Waals surface area contributed by atoms with Crippen LogP contribution < -0.4 is 5.32 Å². The third kappa shape index (κ3) is 3.88. The zero-order valence-corrected chi connectivity index (χ0v) is 12.3. The number of ether oxygens (including phenoxy) is 1. The van der Waals surface area contributed by atoms with Crippen molar-refractivity contribution in [3.8, 4) is 0 Å². The number of esters is 1. The molecule has 8 heteroatoms. The molecule has 0 aliphatic rings. The standard InChI is InChI=1S/C11H11IN2O5/c1-6(11(16)19-2)13-10(15)8-5-7(14(17)18)3-4-9(8)12/h3-6H,1-2H3,(H,13,15). The maximum absolute atomic E-state index is 11.9. The Morgan fingerprint density at radius 2 is 2.11 bits per heavy atom. The average Bonchev–Trinajstić information content (AvgIpc) is 2.37. The molecule has 1 aromatic carbocycles. The number of carbonyl (C=O) groups is 2. The van der Waals surface area contributed by atoms with Gasteiger partial charge >= 0.3 is 5.97 Å². The van der Waals surface area contributed by atoms with Crippen molar-refractivity contribution in [2.24, 2.45) is 0 Å². The highest BCUT2D eigenvalue weighted by atomic mass is 127. The first-order valence-corrected chi connectivity index (χ1v) is 6.27. The maximum Gasteiger partial charge on any atom is 0.328 e. The SMILES string of the molecule is COC(=O)C(C)NC(=O)c1cc([N+](=O)[O-])ccc1I. The third-order valence-electron chi connectivity index (χ3n) is 2.31. The van der Waals surface area contributed by atoms with Crippen LogP contribution in [0, 0.1) is 13.7 Å². The van der Waals surface area contributed by atoms with Gasteiger partial charge < -0.3 is 10.1 Å². The van der Waals surface area contributed by atoms with E-state index in [9.17, 15) is 19.7 Å². The van der Waals surface area contributed by atoms with Crippen LogP contribution in [0.15, 0.2) is 18.2 Å². The Morgan fingerprint density at radius 1 is 1.47 bits per heavy atom. The number of nitrogens with one attached hydrogen (secondary N) is 1. The van der Waals surface area contributed by atoms with Crippen LogP contribution in [-0.2, 0) is 9.53 Å². The molecular weight excluding hydrogens is 367 g/mol. The van der Waals surface area contributed by atoms with E-state index in [1.165, 1.54) is 32.2 Å². The average molecular weight is 378 g/mol. The zero-order valence-electron chi connectivity index (χ0n) is 10.2. The number of non-ortho nitro benzene ring substituents is 1. The summed E-state index contributed by atoms with van der Waals surface area (Å²) < 4.78 is 5.03. The predicted octanol–water partition coefficient (Wildman–Crippen LogP) is 1.49. The van der Waals surface area contributed by atoms with Gasteiger partial charge in [0.2, 0.25) is 0 Å². The van der Waals surface area contributed by atoms with E-state index < -0.39 is 22.8 Å². The number of halogens is 1. The Bertz CT molecular complexity index is 532. The van der Waals surface area contributed by atoms with Gasteiger partial charge in [-0.05, 0) is 35.6 Å². The van der Waals surface area contributed by atoms with Crippen LogP contribution in [0.1, 0.15) is 17.3 Å². The van der Waals surface area contributed by atoms with E-state index in [0.29, 0.717) is 3.57 Å². The fraction of sp³-hybridized carbons (Fsp3) is 0.273. The summed E-state index contributed by atoms with van der Waals surface area (Å²) in [5.74, 6) is -1.15. The van der Waals surface area contributed by atoms with Gasteiger partial charge in [0.25, 0.3) is 11.6 Å². The second-order valence-corrected chi connectivity index (χ2v) is 4.80. The minimum atomic E-state index is -0.826. The summed E-state index contributed by atoms with van der Waals surface area (Å²) in [6.07, 6.45) is 0. The predicted molar refractivity (Wildman–Crippen MR) is 74.8 cm³/mol. The van der Waals surface area contributed by atoms with E-state index in [2.05, 4.69) is 10.1 Å². The molecule has 0 fully saturated rings. The van der Waals surface area contributed by atoms with E-state index in [-0.39, 0.29) is 11.3 Å². The van der Waals surface area contributed by atoms with Gasteiger partial charge in [-0.15, -0.1) is 0 Å². The van der Waals surface area contributed by atoms with Crippen LogP contribution in [0.25, 0.3) is 0 Å². The van der Waals surface area contributed by atoms with E-state index >= 15 is 0 Å². The Kier molecular flexibility index (Phi) is 5.21. The quantitative estimate of drug-likeness (QED) is 0.371. The summed E-state index contributed by atoms with van der Waals surface area (Å²) >= 11 is 1.89. The number of benzene rings is 1. The summed E-state index contributed by atoms with van der Waals surface area (Å²) in [5.41, 5.74) is -0.0400. The molecule has 1 unspecified atom stereocenters. The van der Waals surface area contributed by atoms with E-state index in [0.717, 1.165) is 0 Å². The molecule has 0 aromatic heterocycles. The molecule has 0 heterocycles. The molecule has 102 valence electrons. The Balaban J connectivity index is 2.96. The number of nitrogens with zero attached hydrogens (tertiary/aromatic N) is 1. The number of hydrogen-bond donors (Lipinski definition) is 1. The number of rotatable bonds is 4. The molecule has 0 saturated carbocycles. The number of hydrogen-bond acceptors (Lipinski definition) is 5. The minimum absolute atomic E-state index is 0.144. The number of methoxy groups -OCH3 is 1. The van der Waals surface area contributed by atoms with Crippen molar-refractivity contribution in [1.29, 1.82) is 0 Å². The lowest BCUT2D eigenvalue weighted by molar-refractivity contribution is -0.384. The normalized spacial score (nSPS) is 11.5. The van der Waals surface area contributed by atoms with Crippen molar-refractivity contribution >= 4 is 40.2 Å². The second kappa shape index (κ2) is 6.45. The molecule has 0 saturated heterocycles. The summed E-state index contributed by atoms with van der Waals surface area (Å²) in [6.45, 7) is 1.47. The molecular formula is C11H11IN2O5. The van der Waals surface area contributed by atoms with E-state index in [1.807, 2.05) is 22.6 Å². The number of amides is 1. The monoisotopic (exact) mass is 378 g/mol. The molecule has 1 N–H and O–H groups in total. The third-order valence-corrected chi connectivity index (χ3v) is 3.25. The second-order valence-electron chi connectivity index (χ2n) is 3.64. The van der Waals surface area contributed by atoms with Crippen LogP contribution >= 0.6 is 22.6 Å². The molecule has 7 nitrogen and oxygen atoms in total. The highest BCUT2D eigenvalue weighted by Gasteiger charge is 2.20. The lowest BCUT2D eigenvalue weighted by Crippen LogP contribution is -2.39. The number of nitro groups is 1. The van der Waals surface area contributed by atoms with Gasteiger partial charge in [-0.3, -0.25) is 14.9 Å². The Labute approximate surface area is 122 Å². The molecule has 19 heavy (non-hydrogen) atoms. The van der Waals surface area contributed by atoms with Crippen molar-refractivity contribution in [2.45, 2.75) is 13.0 Å². The molecule has 1 atom stereocenters. The van der Waals surface area contributed by atoms with Gasteiger partial charge in [-0.25, -0.2) is 4.79 Å². The van der Waals surface area contributed by atoms with Gasteiger partial charge in [0, 0.05) is 15.7 Å². The Morgan fingerprint density at radius 3 is 2.63 bits per heavy atom. The Hall–Kier alpha value is -1.71. The van der Waals surface area contributed by atoms with Gasteiger partial charge in [0.15, 0.2) is 0 Å². The molecule has 0 aliphatic carbocycles.